The van der Waals surface area contributed by atoms with E-state index < -0.39 is 12.0 Å². The summed E-state index contributed by atoms with van der Waals surface area (Å²) in [4.78, 5) is 24.0. The zero-order valence-electron chi connectivity index (χ0n) is 9.78. The summed E-state index contributed by atoms with van der Waals surface area (Å²) in [6.45, 7) is 4.16. The molecule has 0 spiro atoms. The van der Waals surface area contributed by atoms with Crippen LogP contribution in [-0.2, 0) is 9.59 Å². The predicted octanol–water partition coefficient (Wildman–Crippen LogP) is 0.164. The Labute approximate surface area is 90.5 Å². The van der Waals surface area contributed by atoms with Crippen molar-refractivity contribution in [3.63, 3.8) is 0 Å². The first kappa shape index (κ1) is 13.9. The van der Waals surface area contributed by atoms with Crippen LogP contribution >= 0.6 is 0 Å². The van der Waals surface area contributed by atoms with Crippen LogP contribution in [0, 0.1) is 5.92 Å². The fourth-order valence-electron chi connectivity index (χ4n) is 1.08. The zero-order chi connectivity index (χ0) is 12.0. The Hall–Kier alpha value is -1.10. The lowest BCUT2D eigenvalue weighted by atomic mass is 10.0. The average Bonchev–Trinajstić information content (AvgIpc) is 2.09. The second-order valence-corrected chi connectivity index (χ2v) is 4.18. The van der Waals surface area contributed by atoms with E-state index in [1.807, 2.05) is 19.0 Å². The number of carboxylic acid groups (broad SMARTS) is 1. The monoisotopic (exact) mass is 216 g/mol. The Kier molecular flexibility index (Phi) is 5.93. The SMILES string of the molecule is CC(C)[C@H](NC(=O)CCN(C)C)C(=O)O. The molecule has 1 atom stereocenters. The van der Waals surface area contributed by atoms with Crippen LogP contribution in [0.5, 0.6) is 0 Å². The largest absolute Gasteiger partial charge is 0.480 e. The summed E-state index contributed by atoms with van der Waals surface area (Å²) in [5.74, 6) is -1.31. The standard InChI is InChI=1S/C10H20N2O3/c1-7(2)9(10(14)15)11-8(13)5-6-12(3)4/h7,9H,5-6H2,1-4H3,(H,11,13)(H,14,15)/t9-/m0/s1. The molecule has 0 heterocycles. The van der Waals surface area contributed by atoms with E-state index in [1.165, 1.54) is 0 Å². The van der Waals surface area contributed by atoms with Gasteiger partial charge < -0.3 is 15.3 Å². The van der Waals surface area contributed by atoms with E-state index in [9.17, 15) is 9.59 Å². The van der Waals surface area contributed by atoms with Crippen molar-refractivity contribution in [1.82, 2.24) is 10.2 Å². The molecule has 2 N–H and O–H groups in total. The molecule has 0 rings (SSSR count). The van der Waals surface area contributed by atoms with Gasteiger partial charge in [0.25, 0.3) is 0 Å². The van der Waals surface area contributed by atoms with Crippen LogP contribution in [0.4, 0.5) is 0 Å². The maximum absolute atomic E-state index is 11.4. The summed E-state index contributed by atoms with van der Waals surface area (Å²) in [7, 11) is 3.73. The Morgan fingerprint density at radius 3 is 2.20 bits per heavy atom. The number of nitrogens with one attached hydrogen (secondary N) is 1. The molecule has 0 saturated carbocycles. The molecule has 15 heavy (non-hydrogen) atoms. The maximum atomic E-state index is 11.4. The van der Waals surface area contributed by atoms with Gasteiger partial charge in [-0.3, -0.25) is 4.79 Å². The second-order valence-electron chi connectivity index (χ2n) is 4.18. The van der Waals surface area contributed by atoms with Crippen molar-refractivity contribution >= 4 is 11.9 Å². The summed E-state index contributed by atoms with van der Waals surface area (Å²) < 4.78 is 0. The van der Waals surface area contributed by atoms with Crippen LogP contribution < -0.4 is 5.32 Å². The van der Waals surface area contributed by atoms with Crippen LogP contribution in [0.25, 0.3) is 0 Å². The number of carbonyl (C=O) groups is 2. The van der Waals surface area contributed by atoms with Gasteiger partial charge in [-0.15, -0.1) is 0 Å². The number of hydrogen-bond donors (Lipinski definition) is 2. The van der Waals surface area contributed by atoms with Gasteiger partial charge in [0.05, 0.1) is 0 Å². The molecule has 0 radical (unpaired) electrons. The van der Waals surface area contributed by atoms with Crippen molar-refractivity contribution < 1.29 is 14.7 Å². The molecule has 5 heteroatoms. The van der Waals surface area contributed by atoms with Crippen molar-refractivity contribution in [3.05, 3.63) is 0 Å². The third-order valence-corrected chi connectivity index (χ3v) is 2.04. The number of nitrogens with zero attached hydrogens (tertiary/aromatic N) is 1. The normalized spacial score (nSPS) is 12.9. The Bertz CT molecular complexity index is 227. The fraction of sp³-hybridized carbons (Fsp3) is 0.800. The zero-order valence-corrected chi connectivity index (χ0v) is 9.78. The minimum atomic E-state index is -0.983. The van der Waals surface area contributed by atoms with Crippen LogP contribution in [0.15, 0.2) is 0 Å². The van der Waals surface area contributed by atoms with Gasteiger partial charge in [-0.25, -0.2) is 4.79 Å². The Morgan fingerprint density at radius 2 is 1.87 bits per heavy atom. The number of rotatable bonds is 6. The van der Waals surface area contributed by atoms with Crippen LogP contribution in [0.1, 0.15) is 20.3 Å². The minimum Gasteiger partial charge on any atom is -0.480 e. The highest BCUT2D eigenvalue weighted by atomic mass is 16.4. The molecule has 0 unspecified atom stereocenters. The molecule has 0 fully saturated rings. The van der Waals surface area contributed by atoms with Crippen molar-refractivity contribution in [2.75, 3.05) is 20.6 Å². The van der Waals surface area contributed by atoms with Crippen molar-refractivity contribution in [2.45, 2.75) is 26.3 Å². The molecule has 5 nitrogen and oxygen atoms in total. The molecule has 0 saturated heterocycles. The van der Waals surface area contributed by atoms with Crippen LogP contribution in [0.3, 0.4) is 0 Å². The van der Waals surface area contributed by atoms with Crippen molar-refractivity contribution in [1.29, 1.82) is 0 Å². The van der Waals surface area contributed by atoms with E-state index in [1.54, 1.807) is 13.8 Å². The van der Waals surface area contributed by atoms with E-state index in [-0.39, 0.29) is 11.8 Å². The topological polar surface area (TPSA) is 69.6 Å². The maximum Gasteiger partial charge on any atom is 0.326 e. The molecule has 0 aromatic heterocycles. The van der Waals surface area contributed by atoms with Gasteiger partial charge in [0.15, 0.2) is 0 Å². The van der Waals surface area contributed by atoms with E-state index >= 15 is 0 Å². The van der Waals surface area contributed by atoms with E-state index in [0.29, 0.717) is 13.0 Å². The van der Waals surface area contributed by atoms with E-state index in [4.69, 9.17) is 5.11 Å². The summed E-state index contributed by atoms with van der Waals surface area (Å²) in [5, 5.41) is 11.4. The Morgan fingerprint density at radius 1 is 1.33 bits per heavy atom. The summed E-state index contributed by atoms with van der Waals surface area (Å²) in [5.41, 5.74) is 0. The smallest absolute Gasteiger partial charge is 0.326 e. The highest BCUT2D eigenvalue weighted by Crippen LogP contribution is 2.02. The van der Waals surface area contributed by atoms with Gasteiger partial charge in [-0.2, -0.15) is 0 Å². The third-order valence-electron chi connectivity index (χ3n) is 2.04. The number of aliphatic carboxylic acids is 1. The lowest BCUT2D eigenvalue weighted by Gasteiger charge is -2.18. The number of carbonyl (C=O) groups excluding carboxylic acids is 1. The predicted molar refractivity (Wildman–Crippen MR) is 57.6 cm³/mol. The van der Waals surface area contributed by atoms with Gasteiger partial charge in [-0.05, 0) is 20.0 Å². The Balaban J connectivity index is 4.07. The molecule has 0 aliphatic rings. The van der Waals surface area contributed by atoms with Gasteiger partial charge in [-0.1, -0.05) is 13.8 Å². The van der Waals surface area contributed by atoms with E-state index in [0.717, 1.165) is 0 Å². The summed E-state index contributed by atoms with van der Waals surface area (Å²) in [6.07, 6.45) is 0.323. The van der Waals surface area contributed by atoms with Crippen LogP contribution in [0.2, 0.25) is 0 Å². The first-order chi connectivity index (χ1) is 6.84. The van der Waals surface area contributed by atoms with Crippen LogP contribution in [-0.4, -0.2) is 48.6 Å². The number of hydrogen-bond acceptors (Lipinski definition) is 3. The molecule has 0 aliphatic heterocycles. The van der Waals surface area contributed by atoms with E-state index in [2.05, 4.69) is 5.32 Å². The highest BCUT2D eigenvalue weighted by Gasteiger charge is 2.22. The molecular formula is C10H20N2O3. The van der Waals surface area contributed by atoms with Crippen molar-refractivity contribution in [3.8, 4) is 0 Å². The fourth-order valence-corrected chi connectivity index (χ4v) is 1.08. The average molecular weight is 216 g/mol. The van der Waals surface area contributed by atoms with Gasteiger partial charge in [0.1, 0.15) is 6.04 Å². The first-order valence-electron chi connectivity index (χ1n) is 5.01. The van der Waals surface area contributed by atoms with Gasteiger partial charge in [0, 0.05) is 13.0 Å². The molecule has 0 aromatic carbocycles. The number of amides is 1. The quantitative estimate of drug-likeness (QED) is 0.663. The molecule has 1 amide bonds. The highest BCUT2D eigenvalue weighted by molar-refractivity contribution is 5.83. The molecule has 0 aliphatic carbocycles. The lowest BCUT2D eigenvalue weighted by Crippen LogP contribution is -2.44. The minimum absolute atomic E-state index is 0.106. The third kappa shape index (κ3) is 6.06. The summed E-state index contributed by atoms with van der Waals surface area (Å²) in [6, 6.07) is -0.792. The van der Waals surface area contributed by atoms with Gasteiger partial charge in [0.2, 0.25) is 5.91 Å². The van der Waals surface area contributed by atoms with Crippen molar-refractivity contribution in [2.24, 2.45) is 5.92 Å². The van der Waals surface area contributed by atoms with Gasteiger partial charge >= 0.3 is 5.97 Å². The second kappa shape index (κ2) is 6.40. The molecule has 0 bridgehead atoms. The lowest BCUT2D eigenvalue weighted by molar-refractivity contribution is -0.143. The molecular weight excluding hydrogens is 196 g/mol. The molecule has 88 valence electrons. The molecule has 0 aromatic rings. The number of carboxylic acids is 1. The first-order valence-corrected chi connectivity index (χ1v) is 5.01. The summed E-state index contributed by atoms with van der Waals surface area (Å²) >= 11 is 0.